The van der Waals surface area contributed by atoms with Gasteiger partial charge >= 0.3 is 0 Å². The van der Waals surface area contributed by atoms with E-state index in [-0.39, 0.29) is 0 Å². The van der Waals surface area contributed by atoms with E-state index >= 15 is 0 Å². The zero-order valence-electron chi connectivity index (χ0n) is 31.8. The number of allylic oxidation sites excluding steroid dienone is 2. The average Bonchev–Trinajstić information content (AvgIpc) is 3.26. The Morgan fingerprint density at radius 3 is 1.46 bits per heavy atom. The maximum Gasteiger partial charge on any atom is 0.0540 e. The Labute approximate surface area is 331 Å². The fourth-order valence-corrected chi connectivity index (χ4v) is 7.30. The molecule has 0 radical (unpaired) electrons. The standard InChI is InChI=1S/C54H44N2/c1-41-20-12-18-32-52(41)56(53-33-19-13-21-42(53)2)54-39-36-46(49-30-16-17-31-50(49)54)27-15-14-22-43-34-37-48(38-35-43)55(47-28-10-5-11-29-47)40-51(44-23-6-3-7-24-44)45-25-8-4-9-26-45/h3-40H,1-2H3/b22-14+,27-15+. The highest BCUT2D eigenvalue weighted by atomic mass is 15.1. The van der Waals surface area contributed by atoms with E-state index in [9.17, 15) is 0 Å². The summed E-state index contributed by atoms with van der Waals surface area (Å²) in [6.07, 6.45) is 10.9. The second-order valence-corrected chi connectivity index (χ2v) is 13.9. The number of benzene rings is 8. The van der Waals surface area contributed by atoms with Crippen LogP contribution < -0.4 is 9.80 Å². The summed E-state index contributed by atoms with van der Waals surface area (Å²) < 4.78 is 0. The van der Waals surface area contributed by atoms with E-state index in [0.29, 0.717) is 0 Å². The Morgan fingerprint density at radius 2 is 0.875 bits per heavy atom. The summed E-state index contributed by atoms with van der Waals surface area (Å²) >= 11 is 0. The van der Waals surface area contributed by atoms with E-state index in [0.717, 1.165) is 28.2 Å². The second kappa shape index (κ2) is 16.9. The lowest BCUT2D eigenvalue weighted by Crippen LogP contribution is -2.13. The molecule has 0 amide bonds. The molecule has 0 aromatic heterocycles. The van der Waals surface area contributed by atoms with Gasteiger partial charge in [-0.1, -0.05) is 182 Å². The number of hydrogen-bond acceptors (Lipinski definition) is 2. The first-order valence-corrected chi connectivity index (χ1v) is 19.2. The molecule has 56 heavy (non-hydrogen) atoms. The molecule has 0 N–H and O–H groups in total. The van der Waals surface area contributed by atoms with E-state index in [4.69, 9.17) is 0 Å². The van der Waals surface area contributed by atoms with E-state index in [1.54, 1.807) is 0 Å². The van der Waals surface area contributed by atoms with E-state index in [1.165, 1.54) is 50.0 Å². The number of para-hydroxylation sites is 3. The maximum absolute atomic E-state index is 2.41. The predicted molar refractivity (Wildman–Crippen MR) is 241 cm³/mol. The van der Waals surface area contributed by atoms with Gasteiger partial charge in [0.25, 0.3) is 0 Å². The third kappa shape index (κ3) is 7.87. The quantitative estimate of drug-likeness (QED) is 0.123. The third-order valence-corrected chi connectivity index (χ3v) is 10.2. The lowest BCUT2D eigenvalue weighted by Gasteiger charge is -2.29. The summed E-state index contributed by atoms with van der Waals surface area (Å²) in [5.74, 6) is 0. The molecule has 2 nitrogen and oxygen atoms in total. The third-order valence-electron chi connectivity index (χ3n) is 10.2. The van der Waals surface area contributed by atoms with Crippen molar-refractivity contribution in [1.82, 2.24) is 0 Å². The molecule has 0 heterocycles. The van der Waals surface area contributed by atoms with Gasteiger partial charge in [0.2, 0.25) is 0 Å². The largest absolute Gasteiger partial charge is 0.317 e. The minimum atomic E-state index is 1.09. The highest BCUT2D eigenvalue weighted by Crippen LogP contribution is 2.42. The van der Waals surface area contributed by atoms with Crippen LogP contribution in [0.1, 0.15) is 33.4 Å². The van der Waals surface area contributed by atoms with Crippen molar-refractivity contribution in [2.45, 2.75) is 13.8 Å². The molecule has 0 aliphatic heterocycles. The number of nitrogens with zero attached hydrogens (tertiary/aromatic N) is 2. The monoisotopic (exact) mass is 720 g/mol. The van der Waals surface area contributed by atoms with Gasteiger partial charge in [0.05, 0.1) is 5.69 Å². The molecular weight excluding hydrogens is 677 g/mol. The number of hydrogen-bond donors (Lipinski definition) is 0. The van der Waals surface area contributed by atoms with Crippen LogP contribution in [0.5, 0.6) is 0 Å². The Hall–Kier alpha value is -7.16. The molecule has 0 saturated heterocycles. The van der Waals surface area contributed by atoms with E-state index in [1.807, 2.05) is 0 Å². The van der Waals surface area contributed by atoms with Gasteiger partial charge in [-0.05, 0) is 95.1 Å². The molecule has 270 valence electrons. The van der Waals surface area contributed by atoms with Crippen molar-refractivity contribution in [3.05, 3.63) is 252 Å². The SMILES string of the molecule is Cc1ccccc1N(c1ccccc1C)c1ccc(/C=C/C=C/c2ccc(N(C=C(c3ccccc3)c3ccccc3)c3ccccc3)cc2)c2ccccc12. The minimum Gasteiger partial charge on any atom is -0.317 e. The summed E-state index contributed by atoms with van der Waals surface area (Å²) in [6.45, 7) is 4.37. The summed E-state index contributed by atoms with van der Waals surface area (Å²) in [4.78, 5) is 4.68. The Balaban J connectivity index is 1.08. The van der Waals surface area contributed by atoms with Gasteiger partial charge in [0, 0.05) is 39.9 Å². The molecule has 8 rings (SSSR count). The van der Waals surface area contributed by atoms with Gasteiger partial charge in [0.15, 0.2) is 0 Å². The molecule has 0 saturated carbocycles. The summed E-state index contributed by atoms with van der Waals surface area (Å²) in [5, 5.41) is 2.42. The fourth-order valence-electron chi connectivity index (χ4n) is 7.30. The number of fused-ring (bicyclic) bond motifs is 1. The van der Waals surface area contributed by atoms with Crippen LogP contribution >= 0.6 is 0 Å². The molecule has 0 spiro atoms. The van der Waals surface area contributed by atoms with Crippen LogP contribution in [0.3, 0.4) is 0 Å². The highest BCUT2D eigenvalue weighted by molar-refractivity contribution is 6.03. The van der Waals surface area contributed by atoms with Crippen molar-refractivity contribution >= 4 is 56.9 Å². The van der Waals surface area contributed by atoms with Crippen molar-refractivity contribution in [2.24, 2.45) is 0 Å². The minimum absolute atomic E-state index is 1.09. The van der Waals surface area contributed by atoms with Crippen molar-refractivity contribution in [1.29, 1.82) is 0 Å². The van der Waals surface area contributed by atoms with Gasteiger partial charge in [-0.15, -0.1) is 0 Å². The van der Waals surface area contributed by atoms with Crippen LogP contribution in [0, 0.1) is 13.8 Å². The summed E-state index contributed by atoms with van der Waals surface area (Å²) in [5.41, 5.74) is 14.0. The number of rotatable bonds is 11. The lowest BCUT2D eigenvalue weighted by molar-refractivity contribution is 1.23. The molecule has 0 aliphatic rings. The van der Waals surface area contributed by atoms with Crippen molar-refractivity contribution in [3.63, 3.8) is 0 Å². The zero-order chi connectivity index (χ0) is 38.1. The predicted octanol–water partition coefficient (Wildman–Crippen LogP) is 14.9. The van der Waals surface area contributed by atoms with Crippen LogP contribution in [-0.2, 0) is 0 Å². The molecule has 0 atom stereocenters. The second-order valence-electron chi connectivity index (χ2n) is 13.9. The van der Waals surface area contributed by atoms with Crippen LogP contribution in [0.4, 0.5) is 28.4 Å². The van der Waals surface area contributed by atoms with Crippen molar-refractivity contribution in [3.8, 4) is 0 Å². The van der Waals surface area contributed by atoms with E-state index < -0.39 is 0 Å². The van der Waals surface area contributed by atoms with Crippen LogP contribution in [0.25, 0.3) is 28.5 Å². The summed E-state index contributed by atoms with van der Waals surface area (Å²) in [6, 6.07) is 71.0. The van der Waals surface area contributed by atoms with Crippen molar-refractivity contribution < 1.29 is 0 Å². The first-order chi connectivity index (χ1) is 27.6. The first kappa shape index (κ1) is 35.8. The molecule has 0 bridgehead atoms. The van der Waals surface area contributed by atoms with Gasteiger partial charge in [-0.2, -0.15) is 0 Å². The topological polar surface area (TPSA) is 6.48 Å². The number of anilines is 5. The normalized spacial score (nSPS) is 11.2. The fraction of sp³-hybridized carbons (Fsp3) is 0.0370. The highest BCUT2D eigenvalue weighted by Gasteiger charge is 2.19. The van der Waals surface area contributed by atoms with Gasteiger partial charge in [0.1, 0.15) is 0 Å². The van der Waals surface area contributed by atoms with Gasteiger partial charge < -0.3 is 9.80 Å². The van der Waals surface area contributed by atoms with E-state index in [2.05, 4.69) is 254 Å². The lowest BCUT2D eigenvalue weighted by atomic mass is 9.98. The number of aryl methyl sites for hydroxylation is 2. The Kier molecular flexibility index (Phi) is 10.8. The smallest absolute Gasteiger partial charge is 0.0540 e. The Morgan fingerprint density at radius 1 is 0.393 bits per heavy atom. The zero-order valence-corrected chi connectivity index (χ0v) is 31.8. The first-order valence-electron chi connectivity index (χ1n) is 19.2. The summed E-state index contributed by atoms with van der Waals surface area (Å²) in [7, 11) is 0. The van der Waals surface area contributed by atoms with Crippen molar-refractivity contribution in [2.75, 3.05) is 9.80 Å². The molecule has 8 aromatic carbocycles. The molecule has 8 aromatic rings. The van der Waals surface area contributed by atoms with Crippen LogP contribution in [0.15, 0.2) is 219 Å². The van der Waals surface area contributed by atoms with Crippen LogP contribution in [-0.4, -0.2) is 0 Å². The average molecular weight is 721 g/mol. The van der Waals surface area contributed by atoms with Gasteiger partial charge in [-0.3, -0.25) is 0 Å². The Bertz CT molecular complexity index is 2550. The molecular formula is C54H44N2. The van der Waals surface area contributed by atoms with Crippen LogP contribution in [0.2, 0.25) is 0 Å². The molecule has 0 aliphatic carbocycles. The molecule has 0 fully saturated rings. The molecule has 2 heteroatoms. The maximum atomic E-state index is 2.41. The van der Waals surface area contributed by atoms with Gasteiger partial charge in [-0.25, -0.2) is 0 Å². The molecule has 0 unspecified atom stereocenters.